The second kappa shape index (κ2) is 5.00. The minimum absolute atomic E-state index is 0.132. The van der Waals surface area contributed by atoms with Crippen LogP contribution in [0.1, 0.15) is 0 Å². The molecule has 3 aromatic rings. The lowest BCUT2D eigenvalue weighted by molar-refractivity contribution is -0.385. The average Bonchev–Trinajstić information content (AvgIpc) is 3.17. The molecule has 0 amide bonds. The van der Waals surface area contributed by atoms with Crippen molar-refractivity contribution in [3.63, 3.8) is 0 Å². The quantitative estimate of drug-likeness (QED) is 0.563. The minimum Gasteiger partial charge on any atom is -0.490 e. The molecule has 0 saturated heterocycles. The number of benzene rings is 1. The van der Waals surface area contributed by atoms with Crippen molar-refractivity contribution in [1.82, 2.24) is 25.3 Å². The van der Waals surface area contributed by atoms with Crippen LogP contribution in [-0.2, 0) is 0 Å². The second-order valence-electron chi connectivity index (χ2n) is 3.90. The summed E-state index contributed by atoms with van der Waals surface area (Å²) in [6, 6.07) is 4.35. The van der Waals surface area contributed by atoms with Crippen molar-refractivity contribution in [2.75, 3.05) is 7.11 Å². The van der Waals surface area contributed by atoms with Crippen molar-refractivity contribution in [1.29, 1.82) is 0 Å². The molecule has 0 bridgehead atoms. The Bertz CT molecular complexity index is 782. The van der Waals surface area contributed by atoms with Gasteiger partial charge in [-0.05, 0) is 12.1 Å². The van der Waals surface area contributed by atoms with Crippen molar-refractivity contribution in [2.24, 2.45) is 0 Å². The zero-order valence-electron chi connectivity index (χ0n) is 10.7. The van der Waals surface area contributed by atoms with Crippen LogP contribution in [0.4, 0.5) is 5.69 Å². The van der Waals surface area contributed by atoms with Crippen LogP contribution in [0, 0.1) is 10.1 Å². The van der Waals surface area contributed by atoms with Crippen molar-refractivity contribution >= 4 is 5.69 Å². The molecule has 10 heteroatoms. The molecule has 0 saturated carbocycles. The summed E-state index contributed by atoms with van der Waals surface area (Å²) in [5.41, 5.74) is 0.218. The first-order valence-corrected chi connectivity index (χ1v) is 5.71. The lowest BCUT2D eigenvalue weighted by Crippen LogP contribution is -1.94. The molecule has 0 radical (unpaired) electrons. The Kier molecular flexibility index (Phi) is 3.03. The van der Waals surface area contributed by atoms with Crippen LogP contribution in [0.15, 0.2) is 29.0 Å². The molecule has 1 aromatic carbocycles. The predicted octanol–water partition coefficient (Wildman–Crippen LogP) is 1.44. The summed E-state index contributed by atoms with van der Waals surface area (Å²) in [4.78, 5) is 18.4. The Balaban J connectivity index is 2.01. The molecule has 0 aliphatic heterocycles. The van der Waals surface area contributed by atoms with E-state index < -0.39 is 4.92 Å². The molecule has 21 heavy (non-hydrogen) atoms. The van der Waals surface area contributed by atoms with Crippen LogP contribution in [-0.4, -0.2) is 37.4 Å². The molecule has 0 aliphatic rings. The standard InChI is InChI=1S/C11H8N6O4/c1-20-8-3-2-6(4-7(8)17(18)19)11-14-10(16-21-11)9-12-5-13-15-9/h2-5H,1H3,(H,12,13,15). The number of H-pyrrole nitrogens is 1. The van der Waals surface area contributed by atoms with Gasteiger partial charge in [0.15, 0.2) is 11.6 Å². The molecule has 10 nitrogen and oxygen atoms in total. The van der Waals surface area contributed by atoms with Crippen LogP contribution in [0.2, 0.25) is 0 Å². The lowest BCUT2D eigenvalue weighted by atomic mass is 10.2. The first-order valence-electron chi connectivity index (χ1n) is 5.71. The van der Waals surface area contributed by atoms with E-state index in [9.17, 15) is 10.1 Å². The van der Waals surface area contributed by atoms with Gasteiger partial charge in [-0.2, -0.15) is 10.1 Å². The SMILES string of the molecule is COc1ccc(-c2nc(-c3ncn[nH]3)no2)cc1[N+](=O)[O-]. The number of aromatic nitrogens is 5. The molecule has 1 N–H and O–H groups in total. The maximum Gasteiger partial charge on any atom is 0.311 e. The summed E-state index contributed by atoms with van der Waals surface area (Å²) >= 11 is 0. The molecule has 0 fully saturated rings. The van der Waals surface area contributed by atoms with E-state index >= 15 is 0 Å². The number of ether oxygens (including phenoxy) is 1. The molecular weight excluding hydrogens is 280 g/mol. The van der Waals surface area contributed by atoms with Gasteiger partial charge in [-0.1, -0.05) is 5.16 Å². The highest BCUT2D eigenvalue weighted by Crippen LogP contribution is 2.31. The number of nitrogens with one attached hydrogen (secondary N) is 1. The van der Waals surface area contributed by atoms with Gasteiger partial charge in [0, 0.05) is 11.6 Å². The maximum absolute atomic E-state index is 11.0. The van der Waals surface area contributed by atoms with Crippen molar-refractivity contribution < 1.29 is 14.2 Å². The molecule has 106 valence electrons. The third kappa shape index (κ3) is 2.29. The number of nitro groups is 1. The average molecular weight is 288 g/mol. The van der Waals surface area contributed by atoms with E-state index in [0.29, 0.717) is 11.4 Å². The molecule has 0 spiro atoms. The molecule has 0 aliphatic carbocycles. The van der Waals surface area contributed by atoms with Gasteiger partial charge >= 0.3 is 5.69 Å². The van der Waals surface area contributed by atoms with Gasteiger partial charge in [0.05, 0.1) is 12.0 Å². The minimum atomic E-state index is -0.546. The Morgan fingerprint density at radius 1 is 1.43 bits per heavy atom. The lowest BCUT2D eigenvalue weighted by Gasteiger charge is -2.01. The number of hydrogen-bond donors (Lipinski definition) is 1. The second-order valence-corrected chi connectivity index (χ2v) is 3.90. The summed E-state index contributed by atoms with van der Waals surface area (Å²) in [6.07, 6.45) is 1.31. The molecule has 3 rings (SSSR count). The highest BCUT2D eigenvalue weighted by molar-refractivity contribution is 5.63. The van der Waals surface area contributed by atoms with E-state index in [4.69, 9.17) is 9.26 Å². The fourth-order valence-corrected chi connectivity index (χ4v) is 1.72. The van der Waals surface area contributed by atoms with Gasteiger partial charge in [-0.15, -0.1) is 0 Å². The van der Waals surface area contributed by atoms with Crippen LogP contribution < -0.4 is 4.74 Å². The number of hydrogen-bond acceptors (Lipinski definition) is 8. The van der Waals surface area contributed by atoms with Gasteiger partial charge in [0.2, 0.25) is 5.82 Å². The summed E-state index contributed by atoms with van der Waals surface area (Å²) in [5.74, 6) is 0.833. The van der Waals surface area contributed by atoms with E-state index in [1.54, 1.807) is 6.07 Å². The van der Waals surface area contributed by atoms with Crippen molar-refractivity contribution in [3.8, 4) is 28.9 Å². The highest BCUT2D eigenvalue weighted by Gasteiger charge is 2.19. The van der Waals surface area contributed by atoms with E-state index in [2.05, 4.69) is 25.3 Å². The summed E-state index contributed by atoms with van der Waals surface area (Å²) in [6.45, 7) is 0. The van der Waals surface area contributed by atoms with E-state index in [1.165, 1.54) is 25.6 Å². The number of methoxy groups -OCH3 is 1. The number of nitro benzene ring substituents is 1. The van der Waals surface area contributed by atoms with Crippen molar-refractivity contribution in [3.05, 3.63) is 34.6 Å². The van der Waals surface area contributed by atoms with Crippen LogP contribution in [0.3, 0.4) is 0 Å². The van der Waals surface area contributed by atoms with Crippen LogP contribution in [0.5, 0.6) is 5.75 Å². The summed E-state index contributed by atoms with van der Waals surface area (Å²) in [7, 11) is 1.36. The molecule has 2 aromatic heterocycles. The Hall–Kier alpha value is -3.30. The predicted molar refractivity (Wildman–Crippen MR) is 68.3 cm³/mol. The zero-order chi connectivity index (χ0) is 14.8. The first-order chi connectivity index (χ1) is 10.2. The third-order valence-corrected chi connectivity index (χ3v) is 2.68. The fraction of sp³-hybridized carbons (Fsp3) is 0.0909. The van der Waals surface area contributed by atoms with Gasteiger partial charge in [-0.3, -0.25) is 15.2 Å². The molecule has 0 atom stereocenters. The van der Waals surface area contributed by atoms with Gasteiger partial charge in [-0.25, -0.2) is 4.98 Å². The third-order valence-electron chi connectivity index (χ3n) is 2.68. The smallest absolute Gasteiger partial charge is 0.311 e. The van der Waals surface area contributed by atoms with Crippen LogP contribution in [0.25, 0.3) is 23.1 Å². The monoisotopic (exact) mass is 288 g/mol. The molecule has 2 heterocycles. The Morgan fingerprint density at radius 3 is 2.95 bits per heavy atom. The fourth-order valence-electron chi connectivity index (χ4n) is 1.72. The number of nitrogens with zero attached hydrogens (tertiary/aromatic N) is 5. The Labute approximate surface area is 116 Å². The molecule has 0 unspecified atom stereocenters. The van der Waals surface area contributed by atoms with Gasteiger partial charge in [0.25, 0.3) is 5.89 Å². The summed E-state index contributed by atoms with van der Waals surface area (Å²) in [5, 5.41) is 21.0. The maximum atomic E-state index is 11.0. The topological polar surface area (TPSA) is 133 Å². The first kappa shape index (κ1) is 12.7. The van der Waals surface area contributed by atoms with E-state index in [-0.39, 0.29) is 23.2 Å². The normalized spacial score (nSPS) is 10.5. The highest BCUT2D eigenvalue weighted by atomic mass is 16.6. The van der Waals surface area contributed by atoms with E-state index in [1.807, 2.05) is 0 Å². The van der Waals surface area contributed by atoms with Gasteiger partial charge < -0.3 is 9.26 Å². The Morgan fingerprint density at radius 2 is 2.29 bits per heavy atom. The zero-order valence-corrected chi connectivity index (χ0v) is 10.7. The summed E-state index contributed by atoms with van der Waals surface area (Å²) < 4.78 is 10.0. The van der Waals surface area contributed by atoms with Gasteiger partial charge in [0.1, 0.15) is 6.33 Å². The van der Waals surface area contributed by atoms with Crippen molar-refractivity contribution in [2.45, 2.75) is 0 Å². The van der Waals surface area contributed by atoms with E-state index in [0.717, 1.165) is 0 Å². The van der Waals surface area contributed by atoms with Crippen LogP contribution >= 0.6 is 0 Å². The molecular formula is C11H8N6O4. The number of rotatable bonds is 4. The number of aromatic amines is 1. The largest absolute Gasteiger partial charge is 0.490 e.